The second kappa shape index (κ2) is 6.84. The Hall–Kier alpha value is -1.63. The van der Waals surface area contributed by atoms with Gasteiger partial charge in [0.15, 0.2) is 0 Å². The van der Waals surface area contributed by atoms with E-state index in [0.717, 1.165) is 17.0 Å². The first-order valence-corrected chi connectivity index (χ1v) is 4.50. The smallest absolute Gasteiger partial charge is 0.0701 e. The Morgan fingerprint density at radius 1 is 1.36 bits per heavy atom. The zero-order valence-corrected chi connectivity index (χ0v) is 8.96. The monoisotopic (exact) mass is 187 g/mol. The molecule has 1 rings (SSSR count). The summed E-state index contributed by atoms with van der Waals surface area (Å²) in [5.74, 6) is 0. The van der Waals surface area contributed by atoms with Crippen molar-refractivity contribution >= 4 is 5.57 Å². The largest absolute Gasteiger partial charge is 0.253 e. The third-order valence-corrected chi connectivity index (χ3v) is 1.72. The van der Waals surface area contributed by atoms with Crippen LogP contribution in [0.15, 0.2) is 50.1 Å². The zero-order valence-electron chi connectivity index (χ0n) is 8.96. The van der Waals surface area contributed by atoms with E-state index in [-0.39, 0.29) is 0 Å². The van der Waals surface area contributed by atoms with Gasteiger partial charge in [0.2, 0.25) is 0 Å². The summed E-state index contributed by atoms with van der Waals surface area (Å²) in [6, 6.07) is 5.98. The summed E-state index contributed by atoms with van der Waals surface area (Å²) >= 11 is 0. The zero-order chi connectivity index (χ0) is 11.0. The molecule has 1 heterocycles. The minimum Gasteiger partial charge on any atom is -0.253 e. The van der Waals surface area contributed by atoms with Crippen molar-refractivity contribution in [1.29, 1.82) is 0 Å². The van der Waals surface area contributed by atoms with Gasteiger partial charge in [0.25, 0.3) is 0 Å². The molecule has 14 heavy (non-hydrogen) atoms. The fourth-order valence-electron chi connectivity index (χ4n) is 1.07. The lowest BCUT2D eigenvalue weighted by molar-refractivity contribution is 1.17. The lowest BCUT2D eigenvalue weighted by Gasteiger charge is -2.00. The molecule has 0 radical (unpaired) electrons. The summed E-state index contributed by atoms with van der Waals surface area (Å²) in [5, 5.41) is 0. The number of allylic oxidation sites excluding steroid dienone is 3. The second-order valence-corrected chi connectivity index (χ2v) is 2.61. The average Bonchev–Trinajstić information content (AvgIpc) is 2.23. The standard InChI is InChI=1S/C11H13N.C2H4/c1-4-10(5-2)11-8-6-7-9(3)12-11;1-2/h4-8H,1H2,2-3H3;1-2H2/b10-5+;. The molecule has 0 fully saturated rings. The van der Waals surface area contributed by atoms with E-state index in [2.05, 4.69) is 24.7 Å². The maximum absolute atomic E-state index is 4.38. The van der Waals surface area contributed by atoms with Gasteiger partial charge in [-0.3, -0.25) is 4.98 Å². The number of pyridine rings is 1. The SMILES string of the molecule is C=C.C=C/C(=C\C)c1cccc(C)n1. The van der Waals surface area contributed by atoms with Crippen molar-refractivity contribution in [3.8, 4) is 0 Å². The Morgan fingerprint density at radius 3 is 2.43 bits per heavy atom. The lowest BCUT2D eigenvalue weighted by atomic mass is 10.1. The summed E-state index contributed by atoms with van der Waals surface area (Å²) in [6.07, 6.45) is 3.83. The molecule has 0 N–H and O–H groups in total. The molecular weight excluding hydrogens is 170 g/mol. The van der Waals surface area contributed by atoms with Gasteiger partial charge in [-0.25, -0.2) is 0 Å². The molecule has 0 saturated heterocycles. The Kier molecular flexibility index (Phi) is 6.04. The third kappa shape index (κ3) is 3.40. The van der Waals surface area contributed by atoms with E-state index in [9.17, 15) is 0 Å². The topological polar surface area (TPSA) is 12.9 Å². The number of hydrogen-bond acceptors (Lipinski definition) is 1. The molecule has 1 nitrogen and oxygen atoms in total. The molecule has 0 amide bonds. The van der Waals surface area contributed by atoms with Gasteiger partial charge in [0, 0.05) is 5.69 Å². The van der Waals surface area contributed by atoms with Gasteiger partial charge in [0.1, 0.15) is 0 Å². The Balaban J connectivity index is 0.000000791. The van der Waals surface area contributed by atoms with Crippen molar-refractivity contribution in [2.75, 3.05) is 0 Å². The van der Waals surface area contributed by atoms with E-state index in [4.69, 9.17) is 0 Å². The summed E-state index contributed by atoms with van der Waals surface area (Å²) in [5.41, 5.74) is 3.11. The van der Waals surface area contributed by atoms with Gasteiger partial charge in [-0.05, 0) is 31.6 Å². The highest BCUT2D eigenvalue weighted by Crippen LogP contribution is 2.12. The van der Waals surface area contributed by atoms with Crippen LogP contribution in [0.1, 0.15) is 18.3 Å². The molecule has 0 saturated carbocycles. The minimum atomic E-state index is 0.993. The lowest BCUT2D eigenvalue weighted by Crippen LogP contribution is -1.88. The summed E-state index contributed by atoms with van der Waals surface area (Å²) in [4.78, 5) is 4.38. The molecule has 1 heteroatoms. The van der Waals surface area contributed by atoms with E-state index in [0.29, 0.717) is 0 Å². The fraction of sp³-hybridized carbons (Fsp3) is 0.154. The van der Waals surface area contributed by atoms with Gasteiger partial charge in [-0.2, -0.15) is 0 Å². The van der Waals surface area contributed by atoms with Gasteiger partial charge in [-0.15, -0.1) is 13.2 Å². The van der Waals surface area contributed by atoms with Crippen LogP contribution in [0.5, 0.6) is 0 Å². The number of aryl methyl sites for hydroxylation is 1. The average molecular weight is 187 g/mol. The van der Waals surface area contributed by atoms with E-state index >= 15 is 0 Å². The molecule has 0 unspecified atom stereocenters. The first-order chi connectivity index (χ1) is 6.77. The fourth-order valence-corrected chi connectivity index (χ4v) is 1.07. The highest BCUT2D eigenvalue weighted by molar-refractivity contribution is 5.70. The number of nitrogens with zero attached hydrogens (tertiary/aromatic N) is 1. The molecule has 1 aromatic rings. The molecule has 0 aliphatic carbocycles. The molecule has 0 aliphatic rings. The quantitative estimate of drug-likeness (QED) is 0.507. The highest BCUT2D eigenvalue weighted by atomic mass is 14.7. The Morgan fingerprint density at radius 2 is 2.00 bits per heavy atom. The van der Waals surface area contributed by atoms with Crippen LogP contribution in [0, 0.1) is 6.92 Å². The van der Waals surface area contributed by atoms with Gasteiger partial charge >= 0.3 is 0 Å². The van der Waals surface area contributed by atoms with Crippen molar-refractivity contribution in [3.63, 3.8) is 0 Å². The van der Waals surface area contributed by atoms with Crippen LogP contribution >= 0.6 is 0 Å². The van der Waals surface area contributed by atoms with Crippen molar-refractivity contribution in [1.82, 2.24) is 4.98 Å². The number of hydrogen-bond donors (Lipinski definition) is 0. The van der Waals surface area contributed by atoms with Crippen molar-refractivity contribution < 1.29 is 0 Å². The molecule has 0 bridgehead atoms. The normalized spacial score (nSPS) is 10.0. The van der Waals surface area contributed by atoms with Crippen molar-refractivity contribution in [2.45, 2.75) is 13.8 Å². The van der Waals surface area contributed by atoms with Crippen molar-refractivity contribution in [3.05, 3.63) is 61.5 Å². The van der Waals surface area contributed by atoms with Gasteiger partial charge in [-0.1, -0.05) is 24.8 Å². The second-order valence-electron chi connectivity index (χ2n) is 2.61. The maximum atomic E-state index is 4.38. The summed E-state index contributed by atoms with van der Waals surface area (Å²) in [6.45, 7) is 13.7. The van der Waals surface area contributed by atoms with Crippen molar-refractivity contribution in [2.24, 2.45) is 0 Å². The molecule has 0 aromatic carbocycles. The van der Waals surface area contributed by atoms with E-state index < -0.39 is 0 Å². The molecule has 0 atom stereocenters. The van der Waals surface area contributed by atoms with Crippen LogP contribution in [0.4, 0.5) is 0 Å². The van der Waals surface area contributed by atoms with E-state index in [1.54, 1.807) is 0 Å². The molecular formula is C13H17N. The minimum absolute atomic E-state index is 0.993. The van der Waals surface area contributed by atoms with E-state index in [1.807, 2.05) is 44.2 Å². The van der Waals surface area contributed by atoms with Crippen LogP contribution in [0.3, 0.4) is 0 Å². The Bertz CT molecular complexity index is 324. The van der Waals surface area contributed by atoms with Crippen LogP contribution < -0.4 is 0 Å². The predicted molar refractivity (Wildman–Crippen MR) is 64.1 cm³/mol. The van der Waals surface area contributed by atoms with Gasteiger partial charge in [0.05, 0.1) is 5.69 Å². The van der Waals surface area contributed by atoms with Crippen LogP contribution in [0.2, 0.25) is 0 Å². The molecule has 74 valence electrons. The maximum Gasteiger partial charge on any atom is 0.0701 e. The summed E-state index contributed by atoms with van der Waals surface area (Å²) in [7, 11) is 0. The first-order valence-electron chi connectivity index (χ1n) is 4.50. The van der Waals surface area contributed by atoms with Crippen LogP contribution in [-0.4, -0.2) is 4.98 Å². The van der Waals surface area contributed by atoms with Crippen LogP contribution in [0.25, 0.3) is 5.57 Å². The summed E-state index contributed by atoms with van der Waals surface area (Å²) < 4.78 is 0. The molecule has 1 aromatic heterocycles. The van der Waals surface area contributed by atoms with Gasteiger partial charge < -0.3 is 0 Å². The molecule has 0 spiro atoms. The number of rotatable bonds is 2. The van der Waals surface area contributed by atoms with Crippen LogP contribution in [-0.2, 0) is 0 Å². The Labute approximate surface area is 86.5 Å². The first kappa shape index (κ1) is 12.4. The molecule has 0 aliphatic heterocycles. The number of aromatic nitrogens is 1. The third-order valence-electron chi connectivity index (χ3n) is 1.72. The van der Waals surface area contributed by atoms with E-state index in [1.165, 1.54) is 0 Å². The highest BCUT2D eigenvalue weighted by Gasteiger charge is 1.96. The predicted octanol–water partition coefficient (Wildman–Crippen LogP) is 3.78.